The lowest BCUT2D eigenvalue weighted by Gasteiger charge is -2.45. The number of ether oxygens (including phenoxy) is 2. The van der Waals surface area contributed by atoms with Crippen molar-refractivity contribution < 1.29 is 18.3 Å². The average molecular weight is 458 g/mol. The Morgan fingerprint density at radius 1 is 1.03 bits per heavy atom. The van der Waals surface area contributed by atoms with E-state index in [0.29, 0.717) is 41.1 Å². The molecule has 2 aromatic rings. The van der Waals surface area contributed by atoms with Crippen molar-refractivity contribution in [2.75, 3.05) is 25.5 Å². The molecule has 3 aliphatic heterocycles. The van der Waals surface area contributed by atoms with Crippen LogP contribution in [-0.2, 0) is 4.74 Å². The van der Waals surface area contributed by atoms with Gasteiger partial charge in [-0.05, 0) is 56.6 Å². The standard InChI is InChI=1S/C24H29F2N5O2/c25-24(26)33-21-7-16(9-28-22(21)27)20-8-19(29-23(30-20)14-2-3-14)15-5-13-1-4-17(6-15)31(10-13)18-11-32-12-18/h7-9,13-15,17-18,24H,1-6,10-12H2,(H2,27,28). The minimum atomic E-state index is -2.96. The number of hydrogen-bond acceptors (Lipinski definition) is 7. The van der Waals surface area contributed by atoms with E-state index in [2.05, 4.69) is 14.6 Å². The molecule has 3 saturated heterocycles. The van der Waals surface area contributed by atoms with Gasteiger partial charge in [0.25, 0.3) is 0 Å². The molecule has 7 nitrogen and oxygen atoms in total. The number of nitrogen functional groups attached to an aromatic ring is 1. The molecule has 5 fully saturated rings. The zero-order valence-corrected chi connectivity index (χ0v) is 18.5. The fourth-order valence-corrected chi connectivity index (χ4v) is 5.66. The Bertz CT molecular complexity index is 1030. The largest absolute Gasteiger partial charge is 0.431 e. The third-order valence-electron chi connectivity index (χ3n) is 7.63. The molecular formula is C24H29F2N5O2. The van der Waals surface area contributed by atoms with Crippen LogP contribution >= 0.6 is 0 Å². The van der Waals surface area contributed by atoms with Crippen LogP contribution in [0.25, 0.3) is 11.3 Å². The maximum absolute atomic E-state index is 12.8. The second-order valence-corrected chi connectivity index (χ2v) is 9.95. The Kier molecular flexibility index (Phi) is 5.41. The number of anilines is 1. The maximum atomic E-state index is 12.8. The highest BCUT2D eigenvalue weighted by Gasteiger charge is 2.41. The minimum absolute atomic E-state index is 0.0591. The fourth-order valence-electron chi connectivity index (χ4n) is 5.66. The van der Waals surface area contributed by atoms with Crippen molar-refractivity contribution >= 4 is 5.82 Å². The monoisotopic (exact) mass is 457 g/mol. The second kappa shape index (κ2) is 8.43. The van der Waals surface area contributed by atoms with E-state index in [1.807, 2.05) is 6.07 Å². The third-order valence-corrected chi connectivity index (χ3v) is 7.63. The Labute approximate surface area is 191 Å². The number of nitrogens with zero attached hydrogens (tertiary/aromatic N) is 4. The number of alkyl halides is 2. The van der Waals surface area contributed by atoms with E-state index in [1.165, 1.54) is 18.9 Å². The fraction of sp³-hybridized carbons (Fsp3) is 0.625. The lowest BCUT2D eigenvalue weighted by molar-refractivity contribution is -0.0913. The first kappa shape index (κ1) is 21.2. The number of aromatic nitrogens is 3. The Morgan fingerprint density at radius 2 is 1.88 bits per heavy atom. The van der Waals surface area contributed by atoms with Crippen molar-refractivity contribution in [2.24, 2.45) is 5.92 Å². The van der Waals surface area contributed by atoms with Crippen molar-refractivity contribution in [1.29, 1.82) is 0 Å². The van der Waals surface area contributed by atoms with Gasteiger partial charge in [-0.25, -0.2) is 15.0 Å². The van der Waals surface area contributed by atoms with Crippen molar-refractivity contribution in [3.63, 3.8) is 0 Å². The van der Waals surface area contributed by atoms with Crippen LogP contribution in [0, 0.1) is 5.92 Å². The van der Waals surface area contributed by atoms with Crippen LogP contribution in [0.1, 0.15) is 61.9 Å². The summed E-state index contributed by atoms with van der Waals surface area (Å²) in [4.78, 5) is 16.6. The highest BCUT2D eigenvalue weighted by Crippen LogP contribution is 2.44. The third kappa shape index (κ3) is 4.28. The predicted octanol–water partition coefficient (Wildman–Crippen LogP) is 3.96. The van der Waals surface area contributed by atoms with Gasteiger partial charge in [-0.15, -0.1) is 0 Å². The zero-order valence-electron chi connectivity index (χ0n) is 18.5. The van der Waals surface area contributed by atoms with E-state index >= 15 is 0 Å². The molecule has 5 aliphatic rings. The van der Waals surface area contributed by atoms with E-state index in [1.54, 1.807) is 6.20 Å². The maximum Gasteiger partial charge on any atom is 0.387 e. The zero-order chi connectivity index (χ0) is 22.5. The molecule has 2 N–H and O–H groups in total. The smallest absolute Gasteiger partial charge is 0.387 e. The van der Waals surface area contributed by atoms with Gasteiger partial charge in [0, 0.05) is 41.9 Å². The summed E-state index contributed by atoms with van der Waals surface area (Å²) in [5.41, 5.74) is 8.14. The van der Waals surface area contributed by atoms with Crippen LogP contribution in [0.5, 0.6) is 5.75 Å². The summed E-state index contributed by atoms with van der Waals surface area (Å²) in [6, 6.07) is 4.66. The molecule has 176 valence electrons. The Morgan fingerprint density at radius 3 is 2.61 bits per heavy atom. The molecule has 2 saturated carbocycles. The second-order valence-electron chi connectivity index (χ2n) is 9.95. The number of fused-ring (bicyclic) bond motifs is 4. The van der Waals surface area contributed by atoms with Crippen LogP contribution in [0.2, 0.25) is 0 Å². The van der Waals surface area contributed by atoms with Crippen LogP contribution < -0.4 is 10.5 Å². The van der Waals surface area contributed by atoms with Gasteiger partial charge in [0.05, 0.1) is 24.9 Å². The summed E-state index contributed by atoms with van der Waals surface area (Å²) >= 11 is 0. The predicted molar refractivity (Wildman–Crippen MR) is 118 cm³/mol. The quantitative estimate of drug-likeness (QED) is 0.703. The van der Waals surface area contributed by atoms with Gasteiger partial charge < -0.3 is 15.2 Å². The Balaban J connectivity index is 1.33. The Hall–Kier alpha value is -2.39. The summed E-state index contributed by atoms with van der Waals surface area (Å²) in [5, 5.41) is 0. The van der Waals surface area contributed by atoms with Crippen LogP contribution in [0.15, 0.2) is 18.3 Å². The molecule has 7 rings (SSSR count). The summed E-state index contributed by atoms with van der Waals surface area (Å²) in [5.74, 6) is 2.09. The SMILES string of the molecule is Nc1ncc(-c2cc(C3CC4CCC(C3)N(C3COC3)C4)nc(C3CC3)n2)cc1OC(F)F. The highest BCUT2D eigenvalue weighted by molar-refractivity contribution is 5.64. The first-order chi connectivity index (χ1) is 16.0. The first-order valence-electron chi connectivity index (χ1n) is 12.0. The molecule has 0 aromatic carbocycles. The molecule has 9 heteroatoms. The van der Waals surface area contributed by atoms with Crippen LogP contribution in [0.3, 0.4) is 0 Å². The number of piperidine rings is 1. The number of rotatable bonds is 6. The first-order valence-corrected chi connectivity index (χ1v) is 12.0. The van der Waals surface area contributed by atoms with Crippen LogP contribution in [-0.4, -0.2) is 58.3 Å². The summed E-state index contributed by atoms with van der Waals surface area (Å²) in [6.07, 6.45) is 8.48. The molecule has 0 spiro atoms. The van der Waals surface area contributed by atoms with E-state index in [9.17, 15) is 8.78 Å². The minimum Gasteiger partial charge on any atom is -0.431 e. The molecule has 33 heavy (non-hydrogen) atoms. The van der Waals surface area contributed by atoms with Gasteiger partial charge in [0.1, 0.15) is 5.82 Å². The van der Waals surface area contributed by atoms with E-state index in [4.69, 9.17) is 20.4 Å². The molecule has 5 heterocycles. The molecule has 3 atom stereocenters. The van der Waals surface area contributed by atoms with Crippen molar-refractivity contribution in [3.8, 4) is 17.0 Å². The van der Waals surface area contributed by atoms with Gasteiger partial charge in [-0.3, -0.25) is 4.90 Å². The van der Waals surface area contributed by atoms with Crippen molar-refractivity contribution in [3.05, 3.63) is 29.8 Å². The van der Waals surface area contributed by atoms with Gasteiger partial charge in [0.15, 0.2) is 11.6 Å². The molecule has 2 bridgehead atoms. The number of nitrogens with two attached hydrogens (primary N) is 1. The van der Waals surface area contributed by atoms with Gasteiger partial charge in [-0.1, -0.05) is 0 Å². The average Bonchev–Trinajstić information content (AvgIpc) is 3.61. The number of pyridine rings is 1. The molecule has 2 aliphatic carbocycles. The molecular weight excluding hydrogens is 428 g/mol. The van der Waals surface area contributed by atoms with E-state index in [0.717, 1.165) is 57.0 Å². The van der Waals surface area contributed by atoms with Crippen molar-refractivity contribution in [1.82, 2.24) is 19.9 Å². The summed E-state index contributed by atoms with van der Waals surface area (Å²) < 4.78 is 35.7. The van der Waals surface area contributed by atoms with E-state index < -0.39 is 6.61 Å². The van der Waals surface area contributed by atoms with Gasteiger partial charge >= 0.3 is 6.61 Å². The molecule has 3 unspecified atom stereocenters. The highest BCUT2D eigenvalue weighted by atomic mass is 19.3. The number of halogens is 2. The summed E-state index contributed by atoms with van der Waals surface area (Å²) in [6.45, 7) is -0.105. The van der Waals surface area contributed by atoms with Crippen molar-refractivity contribution in [2.45, 2.75) is 69.1 Å². The van der Waals surface area contributed by atoms with Crippen LogP contribution in [0.4, 0.5) is 14.6 Å². The lowest BCUT2D eigenvalue weighted by atomic mass is 9.90. The summed E-state index contributed by atoms with van der Waals surface area (Å²) in [7, 11) is 0. The van der Waals surface area contributed by atoms with E-state index in [-0.39, 0.29) is 11.6 Å². The van der Waals surface area contributed by atoms with Gasteiger partial charge in [-0.2, -0.15) is 8.78 Å². The molecule has 0 amide bonds. The topological polar surface area (TPSA) is 86.4 Å². The molecule has 2 aromatic heterocycles. The number of hydrogen-bond donors (Lipinski definition) is 1. The lowest BCUT2D eigenvalue weighted by Crippen LogP contribution is -2.55. The normalized spacial score (nSPS) is 28.0. The molecule has 0 radical (unpaired) electrons. The van der Waals surface area contributed by atoms with Gasteiger partial charge in [0.2, 0.25) is 0 Å².